The van der Waals surface area contributed by atoms with Crippen LogP contribution in [0.4, 0.5) is 13.2 Å². The van der Waals surface area contributed by atoms with Crippen LogP contribution in [0.1, 0.15) is 5.56 Å². The number of alkyl halides is 3. The van der Waals surface area contributed by atoms with Crippen molar-refractivity contribution in [2.24, 2.45) is 0 Å². The summed E-state index contributed by atoms with van der Waals surface area (Å²) in [7, 11) is 1.21. The van der Waals surface area contributed by atoms with Crippen molar-refractivity contribution in [2.75, 3.05) is 7.11 Å². The van der Waals surface area contributed by atoms with Gasteiger partial charge in [0.2, 0.25) is 0 Å². The van der Waals surface area contributed by atoms with Gasteiger partial charge in [0, 0.05) is 3.57 Å². The highest BCUT2D eigenvalue weighted by Gasteiger charge is 2.31. The number of carbonyl (C=O) groups is 1. The third-order valence-corrected chi connectivity index (χ3v) is 2.36. The quantitative estimate of drug-likeness (QED) is 0.614. The first kappa shape index (κ1) is 14.1. The molecule has 0 radical (unpaired) electrons. The number of ether oxygens (including phenoxy) is 2. The Balaban J connectivity index is 2.90. The fourth-order valence-corrected chi connectivity index (χ4v) is 1.86. The molecule has 1 rings (SSSR count). The van der Waals surface area contributed by atoms with E-state index in [1.807, 2.05) is 22.6 Å². The Kier molecular flexibility index (Phi) is 4.61. The lowest BCUT2D eigenvalue weighted by atomic mass is 10.1. The molecule has 0 aromatic heterocycles. The Morgan fingerprint density at radius 1 is 1.35 bits per heavy atom. The molecule has 0 spiro atoms. The number of rotatable bonds is 3. The van der Waals surface area contributed by atoms with Gasteiger partial charge in [0.25, 0.3) is 0 Å². The van der Waals surface area contributed by atoms with E-state index in [9.17, 15) is 18.0 Å². The van der Waals surface area contributed by atoms with E-state index < -0.39 is 12.3 Å². The molecule has 3 nitrogen and oxygen atoms in total. The topological polar surface area (TPSA) is 35.5 Å². The first-order chi connectivity index (χ1) is 7.80. The lowest BCUT2D eigenvalue weighted by molar-refractivity contribution is -0.274. The minimum atomic E-state index is -4.74. The summed E-state index contributed by atoms with van der Waals surface area (Å²) in [5.74, 6) is -0.867. The molecule has 0 saturated carbocycles. The molecular formula is C10H8F3IO3. The minimum Gasteiger partial charge on any atom is -0.469 e. The van der Waals surface area contributed by atoms with E-state index in [1.54, 1.807) is 6.07 Å². The van der Waals surface area contributed by atoms with Crippen molar-refractivity contribution in [3.63, 3.8) is 0 Å². The molecule has 0 unspecified atom stereocenters. The van der Waals surface area contributed by atoms with Crippen LogP contribution < -0.4 is 4.74 Å². The van der Waals surface area contributed by atoms with Gasteiger partial charge in [-0.25, -0.2) is 0 Å². The molecule has 0 aliphatic heterocycles. The van der Waals surface area contributed by atoms with E-state index in [0.717, 1.165) is 6.07 Å². The van der Waals surface area contributed by atoms with Crippen LogP contribution in [0.15, 0.2) is 18.2 Å². The SMILES string of the molecule is COC(=O)Cc1cc(I)cc(OC(F)(F)F)c1. The Bertz CT molecular complexity index is 418. The number of halogens is 4. The summed E-state index contributed by atoms with van der Waals surface area (Å²) in [6, 6.07) is 3.97. The first-order valence-electron chi connectivity index (χ1n) is 4.42. The number of hydrogen-bond acceptors (Lipinski definition) is 3. The van der Waals surface area contributed by atoms with E-state index in [-0.39, 0.29) is 12.2 Å². The van der Waals surface area contributed by atoms with Gasteiger partial charge in [-0.15, -0.1) is 13.2 Å². The van der Waals surface area contributed by atoms with Gasteiger partial charge in [-0.2, -0.15) is 0 Å². The van der Waals surface area contributed by atoms with Crippen molar-refractivity contribution < 1.29 is 27.4 Å². The molecule has 0 saturated heterocycles. The smallest absolute Gasteiger partial charge is 0.469 e. The fourth-order valence-electron chi connectivity index (χ4n) is 1.15. The molecule has 0 aliphatic rings. The Morgan fingerprint density at radius 3 is 2.53 bits per heavy atom. The third-order valence-electron chi connectivity index (χ3n) is 1.74. The molecule has 0 atom stereocenters. The normalized spacial score (nSPS) is 11.1. The average Bonchev–Trinajstić information content (AvgIpc) is 2.13. The number of carbonyl (C=O) groups excluding carboxylic acids is 1. The molecule has 0 fully saturated rings. The van der Waals surface area contributed by atoms with E-state index in [2.05, 4.69) is 9.47 Å². The number of hydrogen-bond donors (Lipinski definition) is 0. The van der Waals surface area contributed by atoms with Crippen molar-refractivity contribution in [2.45, 2.75) is 12.8 Å². The second kappa shape index (κ2) is 5.56. The third kappa shape index (κ3) is 5.24. The van der Waals surface area contributed by atoms with Crippen LogP contribution in [-0.4, -0.2) is 19.4 Å². The molecule has 0 bridgehead atoms. The monoisotopic (exact) mass is 360 g/mol. The average molecular weight is 360 g/mol. The standard InChI is InChI=1S/C10H8F3IO3/c1-16-9(15)4-6-2-7(14)5-8(3-6)17-10(11,12)13/h2-3,5H,4H2,1H3. The zero-order valence-corrected chi connectivity index (χ0v) is 10.8. The summed E-state index contributed by atoms with van der Waals surface area (Å²) in [4.78, 5) is 11.0. The Morgan fingerprint density at radius 2 is 2.00 bits per heavy atom. The number of benzene rings is 1. The maximum atomic E-state index is 12.0. The van der Waals surface area contributed by atoms with Crippen molar-refractivity contribution >= 4 is 28.6 Å². The predicted octanol–water partition coefficient (Wildman–Crippen LogP) is 2.91. The summed E-state index contributed by atoms with van der Waals surface area (Å²) < 4.78 is 44.8. The van der Waals surface area contributed by atoms with Gasteiger partial charge in [0.1, 0.15) is 5.75 Å². The maximum Gasteiger partial charge on any atom is 0.573 e. The second-order valence-corrected chi connectivity index (χ2v) is 4.34. The predicted molar refractivity (Wildman–Crippen MR) is 61.6 cm³/mol. The molecule has 94 valence electrons. The van der Waals surface area contributed by atoms with Gasteiger partial charge in [-0.3, -0.25) is 4.79 Å². The van der Waals surface area contributed by atoms with Crippen LogP contribution in [0.2, 0.25) is 0 Å². The van der Waals surface area contributed by atoms with Crippen molar-refractivity contribution in [1.29, 1.82) is 0 Å². The molecule has 0 aliphatic carbocycles. The molecule has 0 amide bonds. The van der Waals surface area contributed by atoms with Gasteiger partial charge in [0.05, 0.1) is 13.5 Å². The van der Waals surface area contributed by atoms with E-state index in [4.69, 9.17) is 0 Å². The van der Waals surface area contributed by atoms with E-state index >= 15 is 0 Å². The largest absolute Gasteiger partial charge is 0.573 e. The van der Waals surface area contributed by atoms with Crippen molar-refractivity contribution in [1.82, 2.24) is 0 Å². The molecular weight excluding hydrogens is 352 g/mol. The highest BCUT2D eigenvalue weighted by Crippen LogP contribution is 2.26. The molecule has 17 heavy (non-hydrogen) atoms. The number of esters is 1. The van der Waals surface area contributed by atoms with Crippen LogP contribution in [0, 0.1) is 3.57 Å². The van der Waals surface area contributed by atoms with Gasteiger partial charge in [-0.05, 0) is 46.4 Å². The second-order valence-electron chi connectivity index (χ2n) is 3.10. The van der Waals surface area contributed by atoms with Crippen LogP contribution in [0.5, 0.6) is 5.75 Å². The van der Waals surface area contributed by atoms with E-state index in [1.165, 1.54) is 13.2 Å². The summed E-state index contributed by atoms with van der Waals surface area (Å²) in [6.45, 7) is 0. The summed E-state index contributed by atoms with van der Waals surface area (Å²) in [5.41, 5.74) is 0.406. The van der Waals surface area contributed by atoms with Crippen LogP contribution in [-0.2, 0) is 16.0 Å². The fraction of sp³-hybridized carbons (Fsp3) is 0.300. The molecule has 1 aromatic carbocycles. The van der Waals surface area contributed by atoms with Gasteiger partial charge in [0.15, 0.2) is 0 Å². The van der Waals surface area contributed by atoms with Crippen LogP contribution in [0.3, 0.4) is 0 Å². The Labute approximate surface area is 109 Å². The highest BCUT2D eigenvalue weighted by molar-refractivity contribution is 14.1. The molecule has 7 heteroatoms. The molecule has 0 heterocycles. The maximum absolute atomic E-state index is 12.0. The van der Waals surface area contributed by atoms with Gasteiger partial charge < -0.3 is 9.47 Å². The van der Waals surface area contributed by atoms with Crippen molar-refractivity contribution in [3.05, 3.63) is 27.3 Å². The van der Waals surface area contributed by atoms with Crippen LogP contribution in [0.25, 0.3) is 0 Å². The van der Waals surface area contributed by atoms with Crippen molar-refractivity contribution in [3.8, 4) is 5.75 Å². The summed E-state index contributed by atoms with van der Waals surface area (Å²) in [6.07, 6.45) is -4.84. The van der Waals surface area contributed by atoms with Crippen LogP contribution >= 0.6 is 22.6 Å². The van der Waals surface area contributed by atoms with Gasteiger partial charge in [-0.1, -0.05) is 0 Å². The van der Waals surface area contributed by atoms with E-state index in [0.29, 0.717) is 9.13 Å². The summed E-state index contributed by atoms with van der Waals surface area (Å²) >= 11 is 1.84. The molecule has 0 N–H and O–H groups in total. The highest BCUT2D eigenvalue weighted by atomic mass is 127. The first-order valence-corrected chi connectivity index (χ1v) is 5.50. The lowest BCUT2D eigenvalue weighted by Gasteiger charge is -2.10. The zero-order valence-electron chi connectivity index (χ0n) is 8.68. The summed E-state index contributed by atoms with van der Waals surface area (Å²) in [5, 5.41) is 0. The van der Waals surface area contributed by atoms with Gasteiger partial charge >= 0.3 is 12.3 Å². The minimum absolute atomic E-state index is 0.0957. The lowest BCUT2D eigenvalue weighted by Crippen LogP contribution is -2.17. The number of methoxy groups -OCH3 is 1. The zero-order chi connectivity index (χ0) is 13.1. The Hall–Kier alpha value is -0.990. The molecule has 1 aromatic rings.